The Morgan fingerprint density at radius 3 is 2.65 bits per heavy atom. The van der Waals surface area contributed by atoms with Gasteiger partial charge in [-0.1, -0.05) is 0 Å². The highest BCUT2D eigenvalue weighted by Crippen LogP contribution is 2.16. The minimum Gasteiger partial charge on any atom is -0.465 e. The quantitative estimate of drug-likeness (QED) is 0.647. The lowest BCUT2D eigenvalue weighted by Crippen LogP contribution is -2.46. The Labute approximate surface area is 137 Å². The predicted molar refractivity (Wildman–Crippen MR) is 85.9 cm³/mol. The summed E-state index contributed by atoms with van der Waals surface area (Å²) >= 11 is 1.51. The molecule has 0 saturated carbocycles. The third-order valence-corrected chi connectivity index (χ3v) is 3.53. The van der Waals surface area contributed by atoms with Gasteiger partial charge < -0.3 is 21.1 Å². The highest BCUT2D eigenvalue weighted by Gasteiger charge is 2.20. The van der Waals surface area contributed by atoms with E-state index in [4.69, 9.17) is 5.73 Å². The molecule has 1 aromatic rings. The molecule has 0 bridgehead atoms. The van der Waals surface area contributed by atoms with Crippen LogP contribution in [0.25, 0.3) is 0 Å². The van der Waals surface area contributed by atoms with Crippen molar-refractivity contribution in [2.75, 3.05) is 24.4 Å². The van der Waals surface area contributed by atoms with Crippen molar-refractivity contribution in [3.63, 3.8) is 0 Å². The Morgan fingerprint density at radius 1 is 1.39 bits per heavy atom. The van der Waals surface area contributed by atoms with Crippen LogP contribution in [0.4, 0.5) is 14.9 Å². The summed E-state index contributed by atoms with van der Waals surface area (Å²) in [4.78, 5) is 34.6. The van der Waals surface area contributed by atoms with Gasteiger partial charge in [0.1, 0.15) is 11.9 Å². The van der Waals surface area contributed by atoms with Crippen molar-refractivity contribution in [1.29, 1.82) is 0 Å². The van der Waals surface area contributed by atoms with E-state index in [0.29, 0.717) is 12.2 Å². The van der Waals surface area contributed by atoms with Gasteiger partial charge in [-0.15, -0.1) is 0 Å². The average molecular weight is 343 g/mol. The number of urea groups is 1. The Morgan fingerprint density at radius 2 is 2.09 bits per heavy atom. The number of methoxy groups -OCH3 is 1. The number of esters is 1. The van der Waals surface area contributed by atoms with Gasteiger partial charge in [0.25, 0.3) is 0 Å². The summed E-state index contributed by atoms with van der Waals surface area (Å²) in [5, 5.41) is 4.85. The molecule has 1 rings (SSSR count). The van der Waals surface area contributed by atoms with E-state index in [0.717, 1.165) is 19.2 Å². The Kier molecular flexibility index (Phi) is 7.33. The summed E-state index contributed by atoms with van der Waals surface area (Å²) in [6.45, 7) is 0. The number of amides is 3. The van der Waals surface area contributed by atoms with Gasteiger partial charge in [-0.3, -0.25) is 4.79 Å². The number of ether oxygens (including phenoxy) is 1. The maximum absolute atomic E-state index is 13.6. The third-order valence-electron chi connectivity index (χ3n) is 2.88. The molecule has 1 atom stereocenters. The van der Waals surface area contributed by atoms with Gasteiger partial charge in [0.15, 0.2) is 0 Å². The zero-order valence-corrected chi connectivity index (χ0v) is 13.5. The predicted octanol–water partition coefficient (Wildman–Crippen LogP) is 1.34. The monoisotopic (exact) mass is 343 g/mol. The molecule has 126 valence electrons. The van der Waals surface area contributed by atoms with Crippen LogP contribution >= 0.6 is 11.8 Å². The van der Waals surface area contributed by atoms with E-state index in [1.807, 2.05) is 6.26 Å². The number of halogens is 1. The fourth-order valence-corrected chi connectivity index (χ4v) is 2.25. The summed E-state index contributed by atoms with van der Waals surface area (Å²) in [6, 6.07) is 1.86. The Bertz CT molecular complexity index is 597. The zero-order chi connectivity index (χ0) is 17.4. The molecule has 0 aromatic heterocycles. The molecule has 0 fully saturated rings. The number of hydrogen-bond acceptors (Lipinski definition) is 5. The topological polar surface area (TPSA) is 111 Å². The number of rotatable bonds is 7. The van der Waals surface area contributed by atoms with E-state index in [-0.39, 0.29) is 11.3 Å². The first-order valence-corrected chi connectivity index (χ1v) is 8.02. The normalized spacial score (nSPS) is 11.4. The third kappa shape index (κ3) is 5.78. The van der Waals surface area contributed by atoms with Crippen molar-refractivity contribution in [3.05, 3.63) is 29.6 Å². The van der Waals surface area contributed by atoms with Gasteiger partial charge in [-0.05, 0) is 36.6 Å². The number of primary amides is 1. The highest BCUT2D eigenvalue weighted by atomic mass is 32.2. The summed E-state index contributed by atoms with van der Waals surface area (Å²) in [5.41, 5.74) is 4.96. The van der Waals surface area contributed by atoms with Crippen LogP contribution in [0.2, 0.25) is 0 Å². The smallest absolute Gasteiger partial charge is 0.340 e. The fraction of sp³-hybridized carbons (Fsp3) is 0.357. The van der Waals surface area contributed by atoms with E-state index >= 15 is 0 Å². The molecule has 0 aliphatic carbocycles. The summed E-state index contributed by atoms with van der Waals surface area (Å²) in [6.07, 6.45) is 2.24. The van der Waals surface area contributed by atoms with Crippen LogP contribution in [0.3, 0.4) is 0 Å². The Hall–Kier alpha value is -2.29. The van der Waals surface area contributed by atoms with Gasteiger partial charge in [-0.2, -0.15) is 11.8 Å². The summed E-state index contributed by atoms with van der Waals surface area (Å²) in [7, 11) is 1.13. The molecule has 1 aromatic carbocycles. The maximum Gasteiger partial charge on any atom is 0.340 e. The minimum absolute atomic E-state index is 0.206. The number of carbonyl (C=O) groups excluding carboxylic acids is 3. The standard InChI is InChI=1S/C14H18FN3O4S/c1-22-13(20)9-7-8(3-4-10(9)15)17-12(19)11(5-6-23-2)18-14(16)21/h3-4,7,11H,5-6H2,1-2H3,(H,17,19)(H3,16,18,21)/t11-/m1/s1. The molecular formula is C14H18FN3O4S. The molecule has 0 aliphatic heterocycles. The molecule has 0 aliphatic rings. The summed E-state index contributed by atoms with van der Waals surface area (Å²) in [5.74, 6) is -1.49. The number of nitrogens with two attached hydrogens (primary N) is 1. The molecule has 4 N–H and O–H groups in total. The number of carbonyl (C=O) groups is 3. The Balaban J connectivity index is 2.89. The first-order valence-electron chi connectivity index (χ1n) is 6.62. The van der Waals surface area contributed by atoms with E-state index in [1.165, 1.54) is 17.8 Å². The maximum atomic E-state index is 13.6. The summed E-state index contributed by atoms with van der Waals surface area (Å²) < 4.78 is 18.0. The van der Waals surface area contributed by atoms with E-state index in [2.05, 4.69) is 15.4 Å². The SMILES string of the molecule is COC(=O)c1cc(NC(=O)[C@@H](CCSC)NC(N)=O)ccc1F. The molecule has 0 unspecified atom stereocenters. The van der Waals surface area contributed by atoms with Crippen LogP contribution in [0, 0.1) is 5.82 Å². The largest absolute Gasteiger partial charge is 0.465 e. The van der Waals surface area contributed by atoms with E-state index in [1.54, 1.807) is 0 Å². The number of anilines is 1. The van der Waals surface area contributed by atoms with Crippen LogP contribution < -0.4 is 16.4 Å². The van der Waals surface area contributed by atoms with Crippen LogP contribution in [-0.2, 0) is 9.53 Å². The molecular weight excluding hydrogens is 325 g/mol. The molecule has 9 heteroatoms. The molecule has 3 amide bonds. The second-order valence-electron chi connectivity index (χ2n) is 4.52. The lowest BCUT2D eigenvalue weighted by molar-refractivity contribution is -0.117. The van der Waals surface area contributed by atoms with Gasteiger partial charge in [-0.25, -0.2) is 14.0 Å². The first-order chi connectivity index (χ1) is 10.9. The molecule has 0 radical (unpaired) electrons. The number of thioether (sulfide) groups is 1. The second-order valence-corrected chi connectivity index (χ2v) is 5.50. The molecule has 0 spiro atoms. The highest BCUT2D eigenvalue weighted by molar-refractivity contribution is 7.98. The minimum atomic E-state index is -0.854. The molecule has 7 nitrogen and oxygen atoms in total. The van der Waals surface area contributed by atoms with Crippen molar-refractivity contribution >= 4 is 35.4 Å². The number of hydrogen-bond donors (Lipinski definition) is 3. The van der Waals surface area contributed by atoms with Crippen LogP contribution in [0.1, 0.15) is 16.8 Å². The van der Waals surface area contributed by atoms with Crippen molar-refractivity contribution in [2.24, 2.45) is 5.73 Å². The second kappa shape index (κ2) is 8.99. The molecule has 0 saturated heterocycles. The lowest BCUT2D eigenvalue weighted by atomic mass is 10.1. The zero-order valence-electron chi connectivity index (χ0n) is 12.7. The fourth-order valence-electron chi connectivity index (χ4n) is 1.78. The van der Waals surface area contributed by atoms with Gasteiger partial charge in [0.05, 0.1) is 12.7 Å². The van der Waals surface area contributed by atoms with Crippen LogP contribution in [0.5, 0.6) is 0 Å². The van der Waals surface area contributed by atoms with Gasteiger partial charge >= 0.3 is 12.0 Å². The van der Waals surface area contributed by atoms with E-state index < -0.39 is 29.8 Å². The van der Waals surface area contributed by atoms with Crippen molar-refractivity contribution in [1.82, 2.24) is 5.32 Å². The lowest BCUT2D eigenvalue weighted by Gasteiger charge is -2.17. The first kappa shape index (κ1) is 18.8. The number of nitrogens with one attached hydrogen (secondary N) is 2. The number of benzene rings is 1. The average Bonchev–Trinajstić information content (AvgIpc) is 2.52. The molecule has 0 heterocycles. The van der Waals surface area contributed by atoms with Crippen molar-refractivity contribution < 1.29 is 23.5 Å². The van der Waals surface area contributed by atoms with Crippen molar-refractivity contribution in [3.8, 4) is 0 Å². The molecule has 23 heavy (non-hydrogen) atoms. The van der Waals surface area contributed by atoms with Gasteiger partial charge in [0, 0.05) is 5.69 Å². The van der Waals surface area contributed by atoms with Crippen LogP contribution in [-0.4, -0.2) is 43.1 Å². The van der Waals surface area contributed by atoms with Crippen molar-refractivity contribution in [2.45, 2.75) is 12.5 Å². The van der Waals surface area contributed by atoms with Crippen LogP contribution in [0.15, 0.2) is 18.2 Å². The van der Waals surface area contributed by atoms with Gasteiger partial charge in [0.2, 0.25) is 5.91 Å². The van der Waals surface area contributed by atoms with E-state index in [9.17, 15) is 18.8 Å².